The molecule has 0 saturated heterocycles. The van der Waals surface area contributed by atoms with Gasteiger partial charge in [0.1, 0.15) is 0 Å². The van der Waals surface area contributed by atoms with E-state index in [-0.39, 0.29) is 18.4 Å². The summed E-state index contributed by atoms with van der Waals surface area (Å²) in [5.74, 6) is -0.840. The van der Waals surface area contributed by atoms with Gasteiger partial charge in [0.2, 0.25) is 0 Å². The summed E-state index contributed by atoms with van der Waals surface area (Å²) in [5, 5.41) is 0. The molecule has 0 aliphatic heterocycles. The molecule has 0 amide bonds. The van der Waals surface area contributed by atoms with Gasteiger partial charge in [-0.25, -0.2) is 0 Å². The number of hydrogen-bond acceptors (Lipinski definition) is 1. The van der Waals surface area contributed by atoms with Crippen molar-refractivity contribution in [3.05, 3.63) is 34.4 Å². The van der Waals surface area contributed by atoms with Gasteiger partial charge in [0.15, 0.2) is 6.29 Å². The van der Waals surface area contributed by atoms with Crippen molar-refractivity contribution in [3.63, 3.8) is 0 Å². The Morgan fingerprint density at radius 2 is 1.44 bits per heavy atom. The van der Waals surface area contributed by atoms with Crippen LogP contribution in [0.25, 0.3) is 0 Å². The number of halogens is 7. The smallest absolute Gasteiger partial charge is 0.298 e. The molecule has 0 saturated carbocycles. The predicted octanol–water partition coefficient (Wildman–Crippen LogP) is 4.28. The van der Waals surface area contributed by atoms with Gasteiger partial charge in [-0.3, -0.25) is 4.79 Å². The summed E-state index contributed by atoms with van der Waals surface area (Å²) in [6.45, 7) is 0. The normalized spacial score (nSPS) is 12.6. The molecular weight excluding hydrogens is 286 g/mol. The van der Waals surface area contributed by atoms with Crippen molar-refractivity contribution in [2.24, 2.45) is 0 Å². The second-order valence-electron chi connectivity index (χ2n) is 3.30. The van der Waals surface area contributed by atoms with Crippen LogP contribution >= 0.6 is 11.6 Å². The maximum atomic E-state index is 12.5. The van der Waals surface area contributed by atoms with Crippen molar-refractivity contribution < 1.29 is 31.1 Å². The fourth-order valence-electron chi connectivity index (χ4n) is 1.46. The molecule has 0 unspecified atom stereocenters. The average Bonchev–Trinajstić information content (AvgIpc) is 2.24. The van der Waals surface area contributed by atoms with Crippen LogP contribution in [0.15, 0.2) is 12.1 Å². The number of carbonyl (C=O) groups excluding carboxylic acids is 1. The first-order valence-electron chi connectivity index (χ1n) is 4.44. The van der Waals surface area contributed by atoms with E-state index in [1.54, 1.807) is 0 Å². The summed E-state index contributed by atoms with van der Waals surface area (Å²) in [6, 6.07) is 0.496. The minimum absolute atomic E-state index is 0.225. The van der Waals surface area contributed by atoms with Crippen LogP contribution in [-0.4, -0.2) is 6.29 Å². The topological polar surface area (TPSA) is 17.1 Å². The molecule has 0 heterocycles. The first-order valence-corrected chi connectivity index (χ1v) is 4.97. The molecular formula is C10H5ClF6O. The SMILES string of the molecule is O=Cc1c(C(F)(F)F)ccc(C(F)(F)F)c1CCl. The van der Waals surface area contributed by atoms with Crippen LogP contribution in [0.1, 0.15) is 27.0 Å². The first-order chi connectivity index (χ1) is 8.12. The zero-order chi connectivity index (χ0) is 14.1. The van der Waals surface area contributed by atoms with E-state index in [9.17, 15) is 31.1 Å². The second kappa shape index (κ2) is 4.79. The van der Waals surface area contributed by atoms with Gasteiger partial charge in [-0.2, -0.15) is 26.3 Å². The largest absolute Gasteiger partial charge is 0.417 e. The zero-order valence-corrected chi connectivity index (χ0v) is 9.25. The molecule has 1 nitrogen and oxygen atoms in total. The van der Waals surface area contributed by atoms with Crippen LogP contribution in [0.4, 0.5) is 26.3 Å². The number of aldehydes is 1. The highest BCUT2D eigenvalue weighted by Crippen LogP contribution is 2.39. The van der Waals surface area contributed by atoms with Crippen LogP contribution in [0.5, 0.6) is 0 Å². The maximum absolute atomic E-state index is 12.5. The lowest BCUT2D eigenvalue weighted by Crippen LogP contribution is -2.16. The van der Waals surface area contributed by atoms with Crippen molar-refractivity contribution in [3.8, 4) is 0 Å². The molecule has 18 heavy (non-hydrogen) atoms. The third-order valence-electron chi connectivity index (χ3n) is 2.22. The Morgan fingerprint density at radius 3 is 1.78 bits per heavy atom. The standard InChI is InChI=1S/C10H5ClF6O/c11-3-5-6(4-18)8(10(15,16)17)2-1-7(5)9(12,13)14/h1-2,4H,3H2. The number of benzene rings is 1. The third-order valence-corrected chi connectivity index (χ3v) is 2.49. The van der Waals surface area contributed by atoms with E-state index in [1.165, 1.54) is 0 Å². The minimum atomic E-state index is -4.92. The monoisotopic (exact) mass is 290 g/mol. The number of rotatable bonds is 2. The molecule has 0 fully saturated rings. The Bertz CT molecular complexity index is 463. The van der Waals surface area contributed by atoms with Crippen LogP contribution in [0, 0.1) is 0 Å². The Hall–Kier alpha value is -1.24. The van der Waals surface area contributed by atoms with E-state index in [1.807, 2.05) is 0 Å². The molecule has 1 aromatic rings. The summed E-state index contributed by atoms with van der Waals surface area (Å²) < 4.78 is 75.1. The van der Waals surface area contributed by atoms with Crippen LogP contribution in [-0.2, 0) is 18.2 Å². The van der Waals surface area contributed by atoms with E-state index < -0.39 is 40.5 Å². The van der Waals surface area contributed by atoms with E-state index >= 15 is 0 Å². The van der Waals surface area contributed by atoms with Gasteiger partial charge in [0.05, 0.1) is 11.1 Å². The Kier molecular flexibility index (Phi) is 3.95. The molecule has 0 radical (unpaired) electrons. The van der Waals surface area contributed by atoms with E-state index in [2.05, 4.69) is 0 Å². The number of carbonyl (C=O) groups is 1. The quantitative estimate of drug-likeness (QED) is 0.451. The lowest BCUT2D eigenvalue weighted by atomic mass is 9.97. The molecule has 0 atom stereocenters. The zero-order valence-electron chi connectivity index (χ0n) is 8.49. The molecule has 8 heteroatoms. The summed E-state index contributed by atoms with van der Waals surface area (Å²) in [5.41, 5.74) is -4.71. The van der Waals surface area contributed by atoms with E-state index in [0.29, 0.717) is 0 Å². The number of alkyl halides is 7. The van der Waals surface area contributed by atoms with Gasteiger partial charge in [-0.1, -0.05) is 0 Å². The van der Waals surface area contributed by atoms with Gasteiger partial charge >= 0.3 is 12.4 Å². The molecule has 0 N–H and O–H groups in total. The molecule has 0 spiro atoms. The molecule has 1 aromatic carbocycles. The van der Waals surface area contributed by atoms with E-state index in [4.69, 9.17) is 11.6 Å². The van der Waals surface area contributed by atoms with Crippen LogP contribution in [0.3, 0.4) is 0 Å². The van der Waals surface area contributed by atoms with E-state index in [0.717, 1.165) is 0 Å². The van der Waals surface area contributed by atoms with Gasteiger partial charge in [0.25, 0.3) is 0 Å². The van der Waals surface area contributed by atoms with Gasteiger partial charge < -0.3 is 0 Å². The lowest BCUT2D eigenvalue weighted by molar-refractivity contribution is -0.141. The van der Waals surface area contributed by atoms with Crippen molar-refractivity contribution in [2.45, 2.75) is 18.2 Å². The van der Waals surface area contributed by atoms with Gasteiger partial charge in [-0.05, 0) is 17.7 Å². The highest BCUT2D eigenvalue weighted by molar-refractivity contribution is 6.17. The summed E-state index contributed by atoms with van der Waals surface area (Å²) in [4.78, 5) is 10.6. The number of hydrogen-bond donors (Lipinski definition) is 0. The Balaban J connectivity index is 3.62. The molecule has 1 rings (SSSR count). The fraction of sp³-hybridized carbons (Fsp3) is 0.300. The minimum Gasteiger partial charge on any atom is -0.298 e. The van der Waals surface area contributed by atoms with Crippen molar-refractivity contribution in [2.75, 3.05) is 0 Å². The van der Waals surface area contributed by atoms with Gasteiger partial charge in [-0.15, -0.1) is 11.6 Å². The highest BCUT2D eigenvalue weighted by atomic mass is 35.5. The van der Waals surface area contributed by atoms with Gasteiger partial charge in [0, 0.05) is 11.4 Å². The summed E-state index contributed by atoms with van der Waals surface area (Å²) >= 11 is 5.22. The van der Waals surface area contributed by atoms with Crippen molar-refractivity contribution in [1.29, 1.82) is 0 Å². The highest BCUT2D eigenvalue weighted by Gasteiger charge is 2.39. The predicted molar refractivity (Wildman–Crippen MR) is 51.4 cm³/mol. The lowest BCUT2D eigenvalue weighted by Gasteiger charge is -2.17. The van der Waals surface area contributed by atoms with Crippen molar-refractivity contribution in [1.82, 2.24) is 0 Å². The Morgan fingerprint density at radius 1 is 1.00 bits per heavy atom. The maximum Gasteiger partial charge on any atom is 0.417 e. The second-order valence-corrected chi connectivity index (χ2v) is 3.57. The fourth-order valence-corrected chi connectivity index (χ4v) is 1.74. The third kappa shape index (κ3) is 2.77. The van der Waals surface area contributed by atoms with Crippen molar-refractivity contribution >= 4 is 17.9 Å². The average molecular weight is 291 g/mol. The molecule has 0 aliphatic carbocycles. The molecule has 0 aliphatic rings. The Labute approximate surface area is 102 Å². The van der Waals surface area contributed by atoms with Crippen LogP contribution < -0.4 is 0 Å². The summed E-state index contributed by atoms with van der Waals surface area (Å²) in [7, 11) is 0. The molecule has 0 bridgehead atoms. The van der Waals surface area contributed by atoms with Crippen LogP contribution in [0.2, 0.25) is 0 Å². The molecule has 0 aromatic heterocycles. The summed E-state index contributed by atoms with van der Waals surface area (Å²) in [6.07, 6.45) is -10.1. The molecule has 100 valence electrons. The first kappa shape index (κ1) is 14.8.